The number of furan rings is 1. The Balaban J connectivity index is 1.63. The van der Waals surface area contributed by atoms with Crippen LogP contribution in [0.3, 0.4) is 0 Å². The van der Waals surface area contributed by atoms with Gasteiger partial charge in [0.2, 0.25) is 0 Å². The predicted octanol–water partition coefficient (Wildman–Crippen LogP) is 2.74. The number of ketones is 1. The van der Waals surface area contributed by atoms with Crippen molar-refractivity contribution in [3.8, 4) is 0 Å². The zero-order valence-corrected chi connectivity index (χ0v) is 14.5. The minimum absolute atomic E-state index is 0.0250. The number of cyclic esters (lactones) is 2. The zero-order chi connectivity index (χ0) is 18.1. The van der Waals surface area contributed by atoms with E-state index in [-0.39, 0.29) is 42.7 Å². The molecule has 1 aromatic heterocycles. The second-order valence-corrected chi connectivity index (χ2v) is 8.02. The molecule has 4 aliphatic rings. The van der Waals surface area contributed by atoms with E-state index in [1.807, 2.05) is 13.0 Å². The fraction of sp³-hybridized carbons (Fsp3) is 0.550. The fourth-order valence-electron chi connectivity index (χ4n) is 5.82. The highest BCUT2D eigenvalue weighted by atomic mass is 16.6. The van der Waals surface area contributed by atoms with Crippen molar-refractivity contribution in [1.29, 1.82) is 0 Å². The Morgan fingerprint density at radius 2 is 2.08 bits per heavy atom. The third-order valence-corrected chi connectivity index (χ3v) is 7.09. The quantitative estimate of drug-likeness (QED) is 0.720. The highest BCUT2D eigenvalue weighted by Gasteiger charge is 2.71. The van der Waals surface area contributed by atoms with Crippen LogP contribution in [0.4, 0.5) is 0 Å². The molecule has 6 heteroatoms. The van der Waals surface area contributed by atoms with Crippen molar-refractivity contribution >= 4 is 17.7 Å². The summed E-state index contributed by atoms with van der Waals surface area (Å²) in [5.74, 6) is -1.04. The van der Waals surface area contributed by atoms with Crippen molar-refractivity contribution in [2.45, 2.75) is 38.7 Å². The molecule has 3 heterocycles. The summed E-state index contributed by atoms with van der Waals surface area (Å²) in [4.78, 5) is 38.5. The van der Waals surface area contributed by atoms with Gasteiger partial charge in [-0.25, -0.2) is 4.79 Å². The van der Waals surface area contributed by atoms with E-state index in [0.29, 0.717) is 24.8 Å². The van der Waals surface area contributed by atoms with Crippen molar-refractivity contribution in [2.24, 2.45) is 22.7 Å². The van der Waals surface area contributed by atoms with E-state index in [2.05, 4.69) is 0 Å². The second-order valence-electron chi connectivity index (χ2n) is 8.02. The Morgan fingerprint density at radius 1 is 1.23 bits per heavy atom. The SMILES string of the molecule is C[C@H]1CC(=O)[C@@]23COC(=O)C2=CCC[C@@H]3[C@@]12C[C@@H](c1ccoc1)OC2=O. The zero-order valence-electron chi connectivity index (χ0n) is 14.5. The van der Waals surface area contributed by atoms with Crippen molar-refractivity contribution in [3.05, 3.63) is 35.8 Å². The molecule has 0 amide bonds. The maximum Gasteiger partial charge on any atom is 0.334 e. The first kappa shape index (κ1) is 15.9. The van der Waals surface area contributed by atoms with Gasteiger partial charge in [0.05, 0.1) is 28.9 Å². The lowest BCUT2D eigenvalue weighted by molar-refractivity contribution is -0.166. The van der Waals surface area contributed by atoms with E-state index < -0.39 is 16.8 Å². The molecule has 26 heavy (non-hydrogen) atoms. The normalized spacial score (nSPS) is 41.5. The second kappa shape index (κ2) is 5.09. The van der Waals surface area contributed by atoms with Gasteiger partial charge >= 0.3 is 11.9 Å². The molecule has 136 valence electrons. The van der Waals surface area contributed by atoms with Crippen molar-refractivity contribution < 1.29 is 28.3 Å². The number of carbonyl (C=O) groups excluding carboxylic acids is 3. The Kier molecular flexibility index (Phi) is 3.10. The molecule has 2 spiro atoms. The van der Waals surface area contributed by atoms with Crippen LogP contribution in [0.15, 0.2) is 34.7 Å². The molecule has 1 saturated carbocycles. The summed E-state index contributed by atoms with van der Waals surface area (Å²) in [6, 6.07) is 1.81. The first-order valence-electron chi connectivity index (χ1n) is 9.14. The average molecular weight is 356 g/mol. The van der Waals surface area contributed by atoms with Gasteiger partial charge in [0.1, 0.15) is 18.5 Å². The minimum atomic E-state index is -0.980. The molecule has 1 aromatic rings. The topological polar surface area (TPSA) is 82.8 Å². The lowest BCUT2D eigenvalue weighted by atomic mass is 9.46. The third-order valence-electron chi connectivity index (χ3n) is 7.09. The van der Waals surface area contributed by atoms with E-state index in [9.17, 15) is 14.4 Å². The number of Topliss-reactive ketones (excluding diaryl/α,β-unsaturated/α-hetero) is 1. The average Bonchev–Trinajstić information content (AvgIpc) is 3.33. The molecule has 0 bridgehead atoms. The first-order valence-corrected chi connectivity index (χ1v) is 9.14. The van der Waals surface area contributed by atoms with Crippen molar-refractivity contribution in [1.82, 2.24) is 0 Å². The molecule has 2 aliphatic heterocycles. The summed E-state index contributed by atoms with van der Waals surface area (Å²) in [5, 5.41) is 0. The van der Waals surface area contributed by atoms with Crippen LogP contribution in [-0.2, 0) is 23.9 Å². The third kappa shape index (κ3) is 1.70. The summed E-state index contributed by atoms with van der Waals surface area (Å²) >= 11 is 0. The highest BCUT2D eigenvalue weighted by Crippen LogP contribution is 2.66. The predicted molar refractivity (Wildman–Crippen MR) is 87.6 cm³/mol. The molecular formula is C20H20O6. The van der Waals surface area contributed by atoms with Gasteiger partial charge in [0.25, 0.3) is 0 Å². The Morgan fingerprint density at radius 3 is 2.85 bits per heavy atom. The number of hydrogen-bond acceptors (Lipinski definition) is 6. The van der Waals surface area contributed by atoms with Gasteiger partial charge < -0.3 is 13.9 Å². The van der Waals surface area contributed by atoms with Crippen LogP contribution in [0, 0.1) is 22.7 Å². The van der Waals surface area contributed by atoms with Gasteiger partial charge in [0.15, 0.2) is 0 Å². The molecule has 6 nitrogen and oxygen atoms in total. The van der Waals surface area contributed by atoms with Crippen LogP contribution in [0.25, 0.3) is 0 Å². The summed E-state index contributed by atoms with van der Waals surface area (Å²) in [6.45, 7) is 2.01. The van der Waals surface area contributed by atoms with E-state index in [1.165, 1.54) is 0 Å². The molecule has 0 radical (unpaired) electrons. The fourth-order valence-corrected chi connectivity index (χ4v) is 5.82. The number of esters is 2. The van der Waals surface area contributed by atoms with Gasteiger partial charge in [-0.1, -0.05) is 13.0 Å². The number of hydrogen-bond donors (Lipinski definition) is 0. The summed E-state index contributed by atoms with van der Waals surface area (Å²) in [7, 11) is 0. The first-order chi connectivity index (χ1) is 12.5. The molecule has 2 saturated heterocycles. The molecular weight excluding hydrogens is 336 g/mol. The summed E-state index contributed by atoms with van der Waals surface area (Å²) in [5.41, 5.74) is -0.460. The molecule has 2 aliphatic carbocycles. The van der Waals surface area contributed by atoms with Gasteiger partial charge in [-0.15, -0.1) is 0 Å². The van der Waals surface area contributed by atoms with E-state index in [0.717, 1.165) is 5.56 Å². The standard InChI is InChI=1S/C20H20O6/c1-11-7-16(21)20-10-25-17(22)13(20)3-2-4-15(20)19(11)8-14(26-18(19)23)12-5-6-24-9-12/h3,5-6,9,11,14-15H,2,4,7-8,10H2,1H3/t11-,14-,15+,19+,20-/m0/s1. The lowest BCUT2D eigenvalue weighted by Gasteiger charge is -2.52. The number of rotatable bonds is 1. The van der Waals surface area contributed by atoms with Crippen molar-refractivity contribution in [3.63, 3.8) is 0 Å². The van der Waals surface area contributed by atoms with Crippen LogP contribution in [0.2, 0.25) is 0 Å². The largest absolute Gasteiger partial charge is 0.472 e. The Labute approximate surface area is 150 Å². The number of allylic oxidation sites excluding steroid dienone is 1. The maximum atomic E-state index is 13.2. The van der Waals surface area contributed by atoms with Gasteiger partial charge in [-0.3, -0.25) is 9.59 Å². The van der Waals surface area contributed by atoms with Crippen LogP contribution in [0.1, 0.15) is 44.3 Å². The van der Waals surface area contributed by atoms with Gasteiger partial charge in [0, 0.05) is 18.4 Å². The van der Waals surface area contributed by atoms with Gasteiger partial charge in [-0.2, -0.15) is 0 Å². The minimum Gasteiger partial charge on any atom is -0.472 e. The maximum absolute atomic E-state index is 13.2. The number of carbonyl (C=O) groups is 3. The molecule has 0 N–H and O–H groups in total. The van der Waals surface area contributed by atoms with Gasteiger partial charge in [-0.05, 0) is 30.7 Å². The molecule has 3 fully saturated rings. The van der Waals surface area contributed by atoms with E-state index in [1.54, 1.807) is 18.6 Å². The van der Waals surface area contributed by atoms with Crippen LogP contribution >= 0.6 is 0 Å². The molecule has 0 unspecified atom stereocenters. The van der Waals surface area contributed by atoms with Crippen LogP contribution < -0.4 is 0 Å². The monoisotopic (exact) mass is 356 g/mol. The Bertz CT molecular complexity index is 836. The Hall–Kier alpha value is -2.37. The number of ether oxygens (including phenoxy) is 2. The molecule has 5 rings (SSSR count). The summed E-state index contributed by atoms with van der Waals surface area (Å²) < 4.78 is 16.2. The van der Waals surface area contributed by atoms with E-state index in [4.69, 9.17) is 13.9 Å². The van der Waals surface area contributed by atoms with Crippen molar-refractivity contribution in [2.75, 3.05) is 6.61 Å². The molecule has 5 atom stereocenters. The lowest BCUT2D eigenvalue weighted by Crippen LogP contribution is -2.59. The molecule has 0 aromatic carbocycles. The highest BCUT2D eigenvalue weighted by molar-refractivity contribution is 6.05. The van der Waals surface area contributed by atoms with E-state index >= 15 is 0 Å². The van der Waals surface area contributed by atoms with Crippen LogP contribution in [0.5, 0.6) is 0 Å². The summed E-state index contributed by atoms with van der Waals surface area (Å²) in [6.07, 6.45) is 6.74. The number of fused-ring (bicyclic) bond motifs is 1. The smallest absolute Gasteiger partial charge is 0.334 e. The van der Waals surface area contributed by atoms with Crippen LogP contribution in [-0.4, -0.2) is 24.3 Å².